The SMILES string of the molecule is Cc1cc(C)c(C)cc1C.Cc1cc(C)cc(C)c1.Cc1ccc(-c2ccc(C)cc2)cc1.Cc1ccc(-c2cccc(C)c2)cc1.Cc1ccc(C)cc1.Cc1cccc(-c2cccc(C)c2)c1.Cc1cccc(C)c1.Cc1ccccc1C. The Labute approximate surface area is 516 Å². The molecule has 0 aromatic heterocycles. The van der Waals surface area contributed by atoms with Crippen LogP contribution in [0.1, 0.15) is 106 Å². The van der Waals surface area contributed by atoms with Crippen molar-refractivity contribution in [1.82, 2.24) is 0 Å². The second kappa shape index (κ2) is 36.2. The summed E-state index contributed by atoms with van der Waals surface area (Å²) >= 11 is 0. The maximum absolute atomic E-state index is 2.24. The molecule has 0 aliphatic carbocycles. The zero-order valence-electron chi connectivity index (χ0n) is 55.2. The standard InChI is InChI=1S/3C14H14.C10H14.C9H12.3C8H10/c1-11-3-7-13(8-4-11)14-9-5-12(2)6-10-14;1-11-5-3-7-13(9-11)14-8-4-6-12(2)10-14;1-11-6-8-13(9-7-11)14-5-3-4-12(2)10-14;1-7-5-9(3)10(4)6-8(7)2;1-7-4-8(2)6-9(3)5-7;1-7-3-5-8(2)6-4-7;1-7-4-3-5-8(2)6-7;1-7-5-3-4-6-8(7)2/h3*3-10H,1-2H3;5-6H,1-4H3;4-6H,1-3H3;3*3-6H,1-2H3. The van der Waals surface area contributed by atoms with Crippen LogP contribution in [0.3, 0.4) is 0 Å². The van der Waals surface area contributed by atoms with Gasteiger partial charge in [-0.05, 0) is 198 Å². The van der Waals surface area contributed by atoms with Crippen molar-refractivity contribution in [3.8, 4) is 33.4 Å². The Bertz CT molecular complexity index is 3450. The normalized spacial score (nSPS) is 9.82. The van der Waals surface area contributed by atoms with Crippen molar-refractivity contribution in [2.24, 2.45) is 0 Å². The van der Waals surface area contributed by atoms with E-state index in [1.165, 1.54) is 139 Å². The molecule has 0 heteroatoms. The zero-order chi connectivity index (χ0) is 62.4. The van der Waals surface area contributed by atoms with E-state index >= 15 is 0 Å². The van der Waals surface area contributed by atoms with Crippen molar-refractivity contribution < 1.29 is 0 Å². The Hall–Kier alpha value is -8.58. The summed E-state index contributed by atoms with van der Waals surface area (Å²) in [5.41, 5.74) is 33.3. The summed E-state index contributed by atoms with van der Waals surface area (Å²) in [7, 11) is 0. The minimum absolute atomic E-state index is 1.29. The highest BCUT2D eigenvalue weighted by Gasteiger charge is 2.00. The van der Waals surface area contributed by atoms with Crippen LogP contribution in [0.2, 0.25) is 0 Å². The number of benzene rings is 11. The monoisotopic (exact) mass is 1120 g/mol. The Morgan fingerprint density at radius 1 is 0.118 bits per heavy atom. The summed E-state index contributed by atoms with van der Waals surface area (Å²) in [4.78, 5) is 0. The topological polar surface area (TPSA) is 0 Å². The molecule has 0 spiro atoms. The average Bonchev–Trinajstić information content (AvgIpc) is 3.46. The molecule has 0 amide bonds. The maximum Gasteiger partial charge on any atom is -0.0181 e. The van der Waals surface area contributed by atoms with E-state index in [0.29, 0.717) is 0 Å². The van der Waals surface area contributed by atoms with Gasteiger partial charge in [-0.25, -0.2) is 0 Å². The molecule has 0 bridgehead atoms. The van der Waals surface area contributed by atoms with Gasteiger partial charge in [0.2, 0.25) is 0 Å². The van der Waals surface area contributed by atoms with Crippen molar-refractivity contribution >= 4 is 0 Å². The van der Waals surface area contributed by atoms with Gasteiger partial charge < -0.3 is 0 Å². The van der Waals surface area contributed by atoms with Gasteiger partial charge in [0.15, 0.2) is 0 Å². The summed E-state index contributed by atoms with van der Waals surface area (Å²) in [6.07, 6.45) is 0. The van der Waals surface area contributed by atoms with Crippen LogP contribution in [0.15, 0.2) is 249 Å². The molecule has 11 rings (SSSR count). The van der Waals surface area contributed by atoms with Crippen LogP contribution in [-0.2, 0) is 0 Å². The Balaban J connectivity index is 0.000000211. The number of hydrogen-bond acceptors (Lipinski definition) is 0. The number of hydrogen-bond donors (Lipinski definition) is 0. The summed E-state index contributed by atoms with van der Waals surface area (Å²) < 4.78 is 0. The van der Waals surface area contributed by atoms with Gasteiger partial charge >= 0.3 is 0 Å². The van der Waals surface area contributed by atoms with Crippen molar-refractivity contribution in [3.63, 3.8) is 0 Å². The van der Waals surface area contributed by atoms with E-state index in [1.54, 1.807) is 0 Å². The van der Waals surface area contributed by atoms with Crippen LogP contribution < -0.4 is 0 Å². The molecular formula is C85H98. The highest BCUT2D eigenvalue weighted by Crippen LogP contribution is 2.23. The van der Waals surface area contributed by atoms with Crippen molar-refractivity contribution in [3.05, 3.63) is 354 Å². The maximum atomic E-state index is 2.24. The molecule has 0 N–H and O–H groups in total. The first-order chi connectivity index (χ1) is 40.4. The third kappa shape index (κ3) is 27.1. The molecule has 438 valence electrons. The molecule has 0 heterocycles. The molecule has 0 saturated heterocycles. The molecule has 0 nitrogen and oxygen atoms in total. The molecule has 0 radical (unpaired) electrons. The Morgan fingerprint density at radius 3 is 0.541 bits per heavy atom. The average molecular weight is 1120 g/mol. The molecule has 0 atom stereocenters. The molecule has 0 aliphatic heterocycles. The van der Waals surface area contributed by atoms with E-state index in [4.69, 9.17) is 0 Å². The lowest BCUT2D eigenvalue weighted by Gasteiger charge is -2.04. The third-order valence-electron chi connectivity index (χ3n) is 14.5. The van der Waals surface area contributed by atoms with Gasteiger partial charge in [-0.1, -0.05) is 321 Å². The minimum atomic E-state index is 1.29. The first-order valence-electron chi connectivity index (χ1n) is 30.0. The lowest BCUT2D eigenvalue weighted by Crippen LogP contribution is -1.86. The number of rotatable bonds is 3. The highest BCUT2D eigenvalue weighted by atomic mass is 14.1. The smallest absolute Gasteiger partial charge is 0.0181 e. The van der Waals surface area contributed by atoms with Gasteiger partial charge in [-0.3, -0.25) is 0 Å². The van der Waals surface area contributed by atoms with Gasteiger partial charge in [-0.15, -0.1) is 0 Å². The largest absolute Gasteiger partial charge is 0.0620 e. The molecule has 0 unspecified atom stereocenters. The van der Waals surface area contributed by atoms with Gasteiger partial charge in [0, 0.05) is 0 Å². The van der Waals surface area contributed by atoms with E-state index in [2.05, 4.69) is 380 Å². The Kier molecular flexibility index (Phi) is 29.3. The summed E-state index contributed by atoms with van der Waals surface area (Å²) in [5, 5.41) is 0. The van der Waals surface area contributed by atoms with Crippen LogP contribution in [0.4, 0.5) is 0 Å². The third-order valence-corrected chi connectivity index (χ3v) is 14.5. The van der Waals surface area contributed by atoms with Crippen LogP contribution >= 0.6 is 0 Å². The lowest BCUT2D eigenvalue weighted by molar-refractivity contribution is 1.24. The minimum Gasteiger partial charge on any atom is -0.0620 e. The summed E-state index contributed by atoms with van der Waals surface area (Å²) in [5.74, 6) is 0. The van der Waals surface area contributed by atoms with Crippen molar-refractivity contribution in [2.45, 2.75) is 132 Å². The fraction of sp³-hybridized carbons (Fsp3) is 0.224. The lowest BCUT2D eigenvalue weighted by atomic mass is 10.0. The first-order valence-corrected chi connectivity index (χ1v) is 30.0. The number of aryl methyl sites for hydroxylation is 19. The molecule has 0 fully saturated rings. The molecule has 11 aromatic carbocycles. The zero-order valence-corrected chi connectivity index (χ0v) is 55.2. The first kappa shape index (κ1) is 68.9. The van der Waals surface area contributed by atoms with E-state index in [9.17, 15) is 0 Å². The molecular weight excluding hydrogens is 1020 g/mol. The van der Waals surface area contributed by atoms with Gasteiger partial charge in [0.1, 0.15) is 0 Å². The van der Waals surface area contributed by atoms with E-state index in [-0.39, 0.29) is 0 Å². The van der Waals surface area contributed by atoms with E-state index < -0.39 is 0 Å². The van der Waals surface area contributed by atoms with Crippen LogP contribution in [-0.4, -0.2) is 0 Å². The van der Waals surface area contributed by atoms with Crippen molar-refractivity contribution in [1.29, 1.82) is 0 Å². The molecule has 0 aliphatic rings. The van der Waals surface area contributed by atoms with Crippen molar-refractivity contribution in [2.75, 3.05) is 0 Å². The highest BCUT2D eigenvalue weighted by molar-refractivity contribution is 5.66. The summed E-state index contributed by atoms with van der Waals surface area (Å²) in [6, 6.07) is 88.0. The van der Waals surface area contributed by atoms with E-state index in [0.717, 1.165) is 0 Å². The van der Waals surface area contributed by atoms with Gasteiger partial charge in [0.05, 0.1) is 0 Å². The molecule has 11 aromatic rings. The van der Waals surface area contributed by atoms with Gasteiger partial charge in [-0.2, -0.15) is 0 Å². The molecule has 85 heavy (non-hydrogen) atoms. The van der Waals surface area contributed by atoms with Gasteiger partial charge in [0.25, 0.3) is 0 Å². The fourth-order valence-electron chi connectivity index (χ4n) is 9.13. The fourth-order valence-corrected chi connectivity index (χ4v) is 9.13. The second-order valence-electron chi connectivity index (χ2n) is 23.3. The van der Waals surface area contributed by atoms with E-state index in [1.807, 2.05) is 0 Å². The molecule has 0 saturated carbocycles. The predicted octanol–water partition coefficient (Wildman–Crippen LogP) is 24.4. The van der Waals surface area contributed by atoms with Crippen LogP contribution in [0.25, 0.3) is 33.4 Å². The summed E-state index contributed by atoms with van der Waals surface area (Å²) in [6.45, 7) is 40.3. The second-order valence-corrected chi connectivity index (χ2v) is 23.3. The van der Waals surface area contributed by atoms with Crippen LogP contribution in [0.5, 0.6) is 0 Å². The quantitative estimate of drug-likeness (QED) is 0.165. The Morgan fingerprint density at radius 2 is 0.318 bits per heavy atom. The predicted molar refractivity (Wildman–Crippen MR) is 378 cm³/mol. The van der Waals surface area contributed by atoms with Crippen LogP contribution in [0, 0.1) is 132 Å².